The second-order valence-electron chi connectivity index (χ2n) is 6.31. The molecule has 0 aromatic rings. The van der Waals surface area contributed by atoms with Gasteiger partial charge in [-0.05, 0) is 34.1 Å². The molecule has 158 valence electrons. The van der Waals surface area contributed by atoms with Crippen molar-refractivity contribution in [2.45, 2.75) is 65.0 Å². The van der Waals surface area contributed by atoms with Crippen LogP contribution < -0.4 is 0 Å². The highest BCUT2D eigenvalue weighted by molar-refractivity contribution is 5.78. The van der Waals surface area contributed by atoms with Crippen molar-refractivity contribution in [3.63, 3.8) is 0 Å². The summed E-state index contributed by atoms with van der Waals surface area (Å²) < 4.78 is 25.6. The molecule has 0 aromatic carbocycles. The zero-order valence-electron chi connectivity index (χ0n) is 16.6. The minimum Gasteiger partial charge on any atom is -0.461 e. The fourth-order valence-electron chi connectivity index (χ4n) is 1.69. The van der Waals surface area contributed by atoms with Crippen molar-refractivity contribution < 1.29 is 43.2 Å². The van der Waals surface area contributed by atoms with Gasteiger partial charge in [0.1, 0.15) is 25.9 Å². The Labute approximate surface area is 158 Å². The van der Waals surface area contributed by atoms with Gasteiger partial charge in [-0.2, -0.15) is 0 Å². The standard InChI is InChI=1S/C16H29NO10/c1-7-13(10-24-15(19)26-12(3)9-25-17(20)21)27-16(4,5)14(18)23-8-11(2)22-6/h11-13H,7-10H2,1-6H3. The Morgan fingerprint density at radius 3 is 2.22 bits per heavy atom. The molecule has 0 aliphatic rings. The van der Waals surface area contributed by atoms with Gasteiger partial charge in [0.05, 0.1) is 12.2 Å². The van der Waals surface area contributed by atoms with E-state index in [1.165, 1.54) is 14.0 Å². The monoisotopic (exact) mass is 395 g/mol. The number of nitrogens with zero attached hydrogens (tertiary/aromatic N) is 1. The highest BCUT2D eigenvalue weighted by Gasteiger charge is 2.34. The van der Waals surface area contributed by atoms with Crippen LogP contribution in [0.2, 0.25) is 0 Å². The SMILES string of the molecule is CCC(COC(=O)OC(C)CO[N+](=O)[O-])OC(C)(C)C(=O)OCC(C)OC. The van der Waals surface area contributed by atoms with Crippen molar-refractivity contribution in [3.8, 4) is 0 Å². The maximum absolute atomic E-state index is 12.1. The number of carbonyl (C=O) groups is 2. The lowest BCUT2D eigenvalue weighted by atomic mass is 10.1. The number of hydrogen-bond donors (Lipinski definition) is 0. The first kappa shape index (κ1) is 24.9. The van der Waals surface area contributed by atoms with Gasteiger partial charge >= 0.3 is 12.1 Å². The second kappa shape index (κ2) is 12.3. The molecule has 0 heterocycles. The van der Waals surface area contributed by atoms with E-state index in [-0.39, 0.29) is 19.3 Å². The maximum Gasteiger partial charge on any atom is 0.508 e. The minimum absolute atomic E-state index is 0.0891. The van der Waals surface area contributed by atoms with Gasteiger partial charge in [0.15, 0.2) is 5.60 Å². The Morgan fingerprint density at radius 2 is 1.70 bits per heavy atom. The smallest absolute Gasteiger partial charge is 0.461 e. The van der Waals surface area contributed by atoms with Gasteiger partial charge in [-0.25, -0.2) is 9.59 Å². The fourth-order valence-corrected chi connectivity index (χ4v) is 1.69. The van der Waals surface area contributed by atoms with Crippen LogP contribution in [0.4, 0.5) is 4.79 Å². The third-order valence-electron chi connectivity index (χ3n) is 3.36. The van der Waals surface area contributed by atoms with Crippen molar-refractivity contribution in [3.05, 3.63) is 10.1 Å². The Balaban J connectivity index is 4.40. The third kappa shape index (κ3) is 11.2. The third-order valence-corrected chi connectivity index (χ3v) is 3.36. The summed E-state index contributed by atoms with van der Waals surface area (Å²) in [7, 11) is 1.51. The van der Waals surface area contributed by atoms with Crippen LogP contribution in [-0.2, 0) is 33.3 Å². The lowest BCUT2D eigenvalue weighted by Crippen LogP contribution is -2.42. The predicted octanol–water partition coefficient (Wildman–Crippen LogP) is 1.89. The zero-order valence-corrected chi connectivity index (χ0v) is 16.6. The molecule has 3 unspecified atom stereocenters. The van der Waals surface area contributed by atoms with Crippen LogP contribution in [0.25, 0.3) is 0 Å². The van der Waals surface area contributed by atoms with Crippen molar-refractivity contribution >= 4 is 12.1 Å². The topological polar surface area (TPSA) is 133 Å². The molecule has 3 atom stereocenters. The van der Waals surface area contributed by atoms with E-state index in [1.807, 2.05) is 0 Å². The van der Waals surface area contributed by atoms with Crippen molar-refractivity contribution in [2.75, 3.05) is 26.9 Å². The molecule has 0 aliphatic heterocycles. The van der Waals surface area contributed by atoms with E-state index in [4.69, 9.17) is 23.7 Å². The molecule has 0 amide bonds. The van der Waals surface area contributed by atoms with E-state index in [0.29, 0.717) is 6.42 Å². The Morgan fingerprint density at radius 1 is 1.07 bits per heavy atom. The number of carbonyl (C=O) groups excluding carboxylic acids is 2. The van der Waals surface area contributed by atoms with E-state index in [2.05, 4.69) is 4.84 Å². The van der Waals surface area contributed by atoms with E-state index in [1.54, 1.807) is 27.7 Å². The highest BCUT2D eigenvalue weighted by Crippen LogP contribution is 2.17. The summed E-state index contributed by atoms with van der Waals surface area (Å²) in [4.78, 5) is 37.9. The van der Waals surface area contributed by atoms with Crippen LogP contribution in [0.3, 0.4) is 0 Å². The zero-order chi connectivity index (χ0) is 21.0. The molecule has 0 fully saturated rings. The van der Waals surface area contributed by atoms with Gasteiger partial charge in [-0.3, -0.25) is 0 Å². The Bertz CT molecular complexity index is 482. The van der Waals surface area contributed by atoms with Crippen LogP contribution in [-0.4, -0.2) is 68.1 Å². The maximum atomic E-state index is 12.1. The van der Waals surface area contributed by atoms with Crippen LogP contribution in [0.1, 0.15) is 41.0 Å². The number of ether oxygens (including phenoxy) is 5. The molecule has 0 saturated carbocycles. The molecular formula is C16H29NO10. The molecule has 0 rings (SSSR count). The molecule has 0 N–H and O–H groups in total. The molecule has 27 heavy (non-hydrogen) atoms. The summed E-state index contributed by atoms with van der Waals surface area (Å²) in [5, 5.41) is 9.10. The average molecular weight is 395 g/mol. The highest BCUT2D eigenvalue weighted by atomic mass is 17.0. The quantitative estimate of drug-likeness (QED) is 0.258. The van der Waals surface area contributed by atoms with Gasteiger partial charge < -0.3 is 28.5 Å². The first-order valence-corrected chi connectivity index (χ1v) is 8.50. The first-order valence-electron chi connectivity index (χ1n) is 8.50. The Hall–Kier alpha value is -2.14. The van der Waals surface area contributed by atoms with E-state index >= 15 is 0 Å². The molecule has 11 heteroatoms. The van der Waals surface area contributed by atoms with Gasteiger partial charge in [0.2, 0.25) is 0 Å². The Kier molecular flexibility index (Phi) is 11.3. The average Bonchev–Trinajstić information content (AvgIpc) is 2.60. The second-order valence-corrected chi connectivity index (χ2v) is 6.31. The largest absolute Gasteiger partial charge is 0.508 e. The summed E-state index contributed by atoms with van der Waals surface area (Å²) in [6.07, 6.45) is -2.25. The summed E-state index contributed by atoms with van der Waals surface area (Å²) in [6, 6.07) is 0. The van der Waals surface area contributed by atoms with Crippen molar-refractivity contribution in [2.24, 2.45) is 0 Å². The van der Waals surface area contributed by atoms with E-state index in [9.17, 15) is 19.7 Å². The van der Waals surface area contributed by atoms with Crippen LogP contribution in [0.5, 0.6) is 0 Å². The van der Waals surface area contributed by atoms with Gasteiger partial charge in [0.25, 0.3) is 5.09 Å². The minimum atomic E-state index is -1.26. The molecular weight excluding hydrogens is 366 g/mol. The van der Waals surface area contributed by atoms with E-state index < -0.39 is 41.6 Å². The summed E-state index contributed by atoms with van der Waals surface area (Å²) in [5.74, 6) is -0.571. The molecule has 11 nitrogen and oxygen atoms in total. The van der Waals surface area contributed by atoms with E-state index in [0.717, 1.165) is 0 Å². The summed E-state index contributed by atoms with van der Waals surface area (Å²) >= 11 is 0. The molecule has 0 bridgehead atoms. The summed E-state index contributed by atoms with van der Waals surface area (Å²) in [5.41, 5.74) is -1.26. The molecule has 0 aromatic heterocycles. The first-order chi connectivity index (χ1) is 12.5. The normalized spacial score (nSPS) is 14.6. The number of hydrogen-bond acceptors (Lipinski definition) is 10. The van der Waals surface area contributed by atoms with Crippen molar-refractivity contribution in [1.82, 2.24) is 0 Å². The lowest BCUT2D eigenvalue weighted by Gasteiger charge is -2.28. The number of esters is 1. The lowest BCUT2D eigenvalue weighted by molar-refractivity contribution is -0.759. The number of rotatable bonds is 13. The summed E-state index contributed by atoms with van der Waals surface area (Å²) in [6.45, 7) is 7.58. The van der Waals surface area contributed by atoms with Gasteiger partial charge in [0, 0.05) is 7.11 Å². The fraction of sp³-hybridized carbons (Fsp3) is 0.875. The predicted molar refractivity (Wildman–Crippen MR) is 91.5 cm³/mol. The molecule has 0 aliphatic carbocycles. The van der Waals surface area contributed by atoms with Gasteiger partial charge in [-0.15, -0.1) is 10.1 Å². The molecule has 0 radical (unpaired) electrons. The van der Waals surface area contributed by atoms with Crippen LogP contribution in [0.15, 0.2) is 0 Å². The number of methoxy groups -OCH3 is 1. The molecule has 0 saturated heterocycles. The van der Waals surface area contributed by atoms with Crippen LogP contribution in [0, 0.1) is 10.1 Å². The molecule has 0 spiro atoms. The van der Waals surface area contributed by atoms with Crippen molar-refractivity contribution in [1.29, 1.82) is 0 Å². The van der Waals surface area contributed by atoms with Crippen LogP contribution >= 0.6 is 0 Å². The van der Waals surface area contributed by atoms with Gasteiger partial charge in [-0.1, -0.05) is 6.92 Å².